The first-order chi connectivity index (χ1) is 26.8. The average Bonchev–Trinajstić information content (AvgIpc) is 3.10. The van der Waals surface area contributed by atoms with E-state index < -0.39 is 10.8 Å². The van der Waals surface area contributed by atoms with E-state index in [0.717, 1.165) is 68.1 Å². The van der Waals surface area contributed by atoms with Crippen molar-refractivity contribution < 1.29 is 14.5 Å². The van der Waals surface area contributed by atoms with E-state index >= 15 is 0 Å². The molecule has 0 bridgehead atoms. The smallest absolute Gasteiger partial charge is 0.292 e. The van der Waals surface area contributed by atoms with Gasteiger partial charge in [-0.05, 0) is 135 Å². The first-order valence-electron chi connectivity index (χ1n) is 21.4. The summed E-state index contributed by atoms with van der Waals surface area (Å²) in [5, 5.41) is 18.1. The van der Waals surface area contributed by atoms with Gasteiger partial charge in [0.1, 0.15) is 5.69 Å². The Morgan fingerprint density at radius 3 is 1.33 bits per heavy atom. The largest absolute Gasteiger partial charge is 0.397 e. The number of hydrogen-bond donors (Lipinski definition) is 3. The van der Waals surface area contributed by atoms with Gasteiger partial charge < -0.3 is 36.0 Å². The van der Waals surface area contributed by atoms with Gasteiger partial charge in [-0.2, -0.15) is 0 Å². The molecule has 0 saturated heterocycles. The van der Waals surface area contributed by atoms with Crippen LogP contribution in [0, 0.1) is 33.8 Å². The summed E-state index contributed by atoms with van der Waals surface area (Å²) in [7, 11) is 8.14. The van der Waals surface area contributed by atoms with Crippen molar-refractivity contribution in [3.63, 3.8) is 0 Å². The zero-order valence-corrected chi connectivity index (χ0v) is 39.3. The van der Waals surface area contributed by atoms with Gasteiger partial charge in [-0.3, -0.25) is 19.7 Å². The highest BCUT2D eigenvalue weighted by molar-refractivity contribution is 5.89. The van der Waals surface area contributed by atoms with E-state index in [2.05, 4.69) is 89.9 Å². The third-order valence-corrected chi connectivity index (χ3v) is 9.87. The van der Waals surface area contributed by atoms with Gasteiger partial charge in [0.15, 0.2) is 0 Å². The first-order valence-corrected chi connectivity index (χ1v) is 21.4. The Kier molecular flexibility index (Phi) is 21.8. The number of nitrogen functional groups attached to an aromatic ring is 1. The van der Waals surface area contributed by atoms with Crippen molar-refractivity contribution in [3.8, 4) is 0 Å². The molecule has 58 heavy (non-hydrogen) atoms. The molecule has 12 nitrogen and oxygen atoms in total. The molecular formula is C46H82N8O4. The molecule has 2 aromatic rings. The Morgan fingerprint density at radius 2 is 0.983 bits per heavy atom. The molecule has 0 unspecified atom stereocenters. The quantitative estimate of drug-likeness (QED) is 0.0437. The second-order valence-corrected chi connectivity index (χ2v) is 19.2. The molecule has 2 aromatic carbocycles. The Labute approximate surface area is 352 Å². The van der Waals surface area contributed by atoms with Crippen molar-refractivity contribution >= 4 is 34.6 Å². The van der Waals surface area contributed by atoms with E-state index in [-0.39, 0.29) is 22.4 Å². The molecule has 12 heteroatoms. The summed E-state index contributed by atoms with van der Waals surface area (Å²) in [6.07, 6.45) is 1.91. The number of carbonyl (C=O) groups is 2. The van der Waals surface area contributed by atoms with E-state index in [1.165, 1.54) is 6.07 Å². The number of benzene rings is 2. The highest BCUT2D eigenvalue weighted by Gasteiger charge is 2.36. The Hall–Kier alpha value is -3.90. The van der Waals surface area contributed by atoms with Crippen LogP contribution in [0.5, 0.6) is 0 Å². The molecule has 0 aromatic heterocycles. The van der Waals surface area contributed by atoms with Gasteiger partial charge in [0.2, 0.25) is 11.8 Å². The second kappa shape index (κ2) is 24.2. The number of amides is 2. The van der Waals surface area contributed by atoms with Crippen molar-refractivity contribution in [1.82, 2.24) is 19.6 Å². The van der Waals surface area contributed by atoms with Gasteiger partial charge in [-0.15, -0.1) is 0 Å². The fourth-order valence-electron chi connectivity index (χ4n) is 6.84. The molecule has 330 valence electrons. The van der Waals surface area contributed by atoms with Gasteiger partial charge in [-0.1, -0.05) is 67.5 Å². The fraction of sp³-hybridized carbons (Fsp3) is 0.696. The van der Waals surface area contributed by atoms with Crippen LogP contribution in [0.2, 0.25) is 0 Å². The van der Waals surface area contributed by atoms with Crippen molar-refractivity contribution in [2.24, 2.45) is 23.7 Å². The monoisotopic (exact) mass is 811 g/mol. The molecule has 0 aliphatic heterocycles. The lowest BCUT2D eigenvalue weighted by Gasteiger charge is -2.35. The maximum absolute atomic E-state index is 13.5. The molecule has 0 aliphatic rings. The van der Waals surface area contributed by atoms with Crippen LogP contribution in [0.25, 0.3) is 0 Å². The topological polar surface area (TPSA) is 140 Å². The van der Waals surface area contributed by atoms with Crippen molar-refractivity contribution in [2.45, 2.75) is 107 Å². The number of carbonyl (C=O) groups excluding carboxylic acids is 2. The minimum absolute atomic E-state index is 0.0352. The zero-order valence-electron chi connectivity index (χ0n) is 39.3. The van der Waals surface area contributed by atoms with Crippen LogP contribution in [0.4, 0.5) is 22.7 Å². The third-order valence-electron chi connectivity index (χ3n) is 9.87. The van der Waals surface area contributed by atoms with Crippen LogP contribution in [-0.2, 0) is 20.4 Å². The summed E-state index contributed by atoms with van der Waals surface area (Å²) < 4.78 is 0. The average molecular weight is 811 g/mol. The number of nitrogens with two attached hydrogens (primary N) is 1. The predicted molar refractivity (Wildman–Crippen MR) is 246 cm³/mol. The molecule has 0 radical (unpaired) electrons. The number of nitro benzene ring substituents is 1. The maximum atomic E-state index is 13.5. The molecule has 0 atom stereocenters. The lowest BCUT2D eigenvalue weighted by Crippen LogP contribution is -2.46. The van der Waals surface area contributed by atoms with Crippen LogP contribution in [0.1, 0.15) is 107 Å². The van der Waals surface area contributed by atoms with Gasteiger partial charge in [0.05, 0.1) is 27.1 Å². The highest BCUT2D eigenvalue weighted by atomic mass is 16.6. The Balaban J connectivity index is 0.000000581. The predicted octanol–water partition coefficient (Wildman–Crippen LogP) is 8.43. The minimum atomic E-state index is -0.779. The summed E-state index contributed by atoms with van der Waals surface area (Å²) in [6, 6.07) is 10.9. The van der Waals surface area contributed by atoms with Gasteiger partial charge >= 0.3 is 0 Å². The second-order valence-electron chi connectivity index (χ2n) is 19.2. The number of nitrogens with one attached hydrogen (secondary N) is 2. The summed E-state index contributed by atoms with van der Waals surface area (Å²) >= 11 is 0. The van der Waals surface area contributed by atoms with Crippen LogP contribution in [-0.4, -0.2) is 117 Å². The molecule has 0 fully saturated rings. The van der Waals surface area contributed by atoms with Gasteiger partial charge in [-0.25, -0.2) is 0 Å². The number of hydrogen-bond acceptors (Lipinski definition) is 9. The molecule has 4 N–H and O–H groups in total. The summed E-state index contributed by atoms with van der Waals surface area (Å²) in [5.41, 5.74) is 8.72. The van der Waals surface area contributed by atoms with Crippen LogP contribution in [0.15, 0.2) is 36.4 Å². The van der Waals surface area contributed by atoms with E-state index in [4.69, 9.17) is 5.73 Å². The van der Waals surface area contributed by atoms with E-state index in [0.29, 0.717) is 49.0 Å². The molecule has 0 saturated carbocycles. The number of nitro groups is 1. The molecule has 0 aliphatic carbocycles. The third kappa shape index (κ3) is 17.5. The zero-order chi connectivity index (χ0) is 44.5. The van der Waals surface area contributed by atoms with Crippen LogP contribution < -0.4 is 16.4 Å². The van der Waals surface area contributed by atoms with E-state index in [1.54, 1.807) is 12.1 Å². The lowest BCUT2D eigenvalue weighted by atomic mass is 9.82. The van der Waals surface area contributed by atoms with Gasteiger partial charge in [0.25, 0.3) is 5.69 Å². The number of nitrogens with zero attached hydrogens (tertiary/aromatic N) is 5. The van der Waals surface area contributed by atoms with Crippen molar-refractivity contribution in [1.29, 1.82) is 0 Å². The molecular weight excluding hydrogens is 729 g/mol. The van der Waals surface area contributed by atoms with E-state index in [1.807, 2.05) is 69.8 Å². The van der Waals surface area contributed by atoms with Crippen molar-refractivity contribution in [2.75, 3.05) is 96.9 Å². The van der Waals surface area contributed by atoms with Gasteiger partial charge in [0, 0.05) is 45.3 Å². The lowest BCUT2D eigenvalue weighted by molar-refractivity contribution is -0.384. The molecule has 2 rings (SSSR count). The Bertz CT molecular complexity index is 1550. The molecule has 0 spiro atoms. The highest BCUT2D eigenvalue weighted by Crippen LogP contribution is 2.34. The number of anilines is 3. The Morgan fingerprint density at radius 1 is 0.638 bits per heavy atom. The number of rotatable bonds is 23. The first kappa shape index (κ1) is 52.1. The minimum Gasteiger partial charge on any atom is -0.397 e. The normalized spacial score (nSPS) is 12.0. The standard InChI is InChI=1S/C23H40N4O3.C23H42N4O/c1-17(2)15-26(16-18(3)4)22(28)23(5,6)19-10-11-21(27(29)30)20(14-19)24-12-9-13-25(7)8;1-17(2)15-27(16-18(3)4)22(28)23(5,6)19-10-11-20(24)21(14-19)25-12-9-13-26(7)8/h10-11,14,17-18,24H,9,12-13,15-16H2,1-8H3;10-11,14,17-18,25H,9,12-13,15-16,24H2,1-8H3. The summed E-state index contributed by atoms with van der Waals surface area (Å²) in [6.45, 7) is 31.3. The van der Waals surface area contributed by atoms with Crippen LogP contribution >= 0.6 is 0 Å². The van der Waals surface area contributed by atoms with Crippen LogP contribution in [0.3, 0.4) is 0 Å². The summed E-state index contributed by atoms with van der Waals surface area (Å²) in [5.74, 6) is 1.86. The van der Waals surface area contributed by atoms with E-state index in [9.17, 15) is 19.7 Å². The fourth-order valence-corrected chi connectivity index (χ4v) is 6.84. The van der Waals surface area contributed by atoms with Crippen molar-refractivity contribution in [3.05, 3.63) is 57.6 Å². The molecule has 2 amide bonds. The SMILES string of the molecule is CC(C)CN(CC(C)C)C(=O)C(C)(C)c1ccc(N)c(NCCCN(C)C)c1.CC(C)CN(CC(C)C)C(=O)C(C)(C)c1ccc([N+](=O)[O-])c(NCCCN(C)C)c1. The maximum Gasteiger partial charge on any atom is 0.292 e. The molecule has 0 heterocycles. The summed E-state index contributed by atoms with van der Waals surface area (Å²) in [4.78, 5) is 46.2.